The van der Waals surface area contributed by atoms with Crippen LogP contribution in [0.4, 0.5) is 0 Å². The second-order valence-electron chi connectivity index (χ2n) is 9.61. The number of hydrogen-bond donors (Lipinski definition) is 2. The van der Waals surface area contributed by atoms with Crippen molar-refractivity contribution < 1.29 is 19.3 Å². The molecule has 0 amide bonds. The lowest BCUT2D eigenvalue weighted by Crippen LogP contribution is -2.55. The number of methoxy groups -OCH3 is 2. The molecule has 1 saturated heterocycles. The molecule has 32 heavy (non-hydrogen) atoms. The molecule has 0 spiro atoms. The lowest BCUT2D eigenvalue weighted by molar-refractivity contribution is 0.00788. The Morgan fingerprint density at radius 3 is 2.56 bits per heavy atom. The van der Waals surface area contributed by atoms with E-state index in [2.05, 4.69) is 37.8 Å². The van der Waals surface area contributed by atoms with Crippen molar-refractivity contribution in [2.45, 2.75) is 84.0 Å². The van der Waals surface area contributed by atoms with Crippen LogP contribution in [0.2, 0.25) is 0 Å². The molecule has 1 fully saturated rings. The van der Waals surface area contributed by atoms with Crippen LogP contribution in [0.15, 0.2) is 18.2 Å². The van der Waals surface area contributed by atoms with Gasteiger partial charge in [0, 0.05) is 26.2 Å². The highest BCUT2D eigenvalue weighted by atomic mass is 16.5. The number of aliphatic hydroxyl groups excluding tert-OH is 1. The fourth-order valence-corrected chi connectivity index (χ4v) is 4.66. The first-order valence-corrected chi connectivity index (χ1v) is 12.3. The summed E-state index contributed by atoms with van der Waals surface area (Å²) in [4.78, 5) is 2.29. The number of aliphatic hydroxyl groups is 1. The van der Waals surface area contributed by atoms with E-state index in [9.17, 15) is 5.11 Å². The van der Waals surface area contributed by atoms with Gasteiger partial charge in [-0.25, -0.2) is 0 Å². The van der Waals surface area contributed by atoms with Gasteiger partial charge >= 0.3 is 0 Å². The summed E-state index contributed by atoms with van der Waals surface area (Å²) in [6, 6.07) is 6.66. The smallest absolute Gasteiger partial charge is 0.161 e. The number of rotatable bonds is 14. The number of piperidine rings is 1. The predicted molar refractivity (Wildman–Crippen MR) is 130 cm³/mol. The van der Waals surface area contributed by atoms with Crippen molar-refractivity contribution in [3.05, 3.63) is 23.8 Å². The van der Waals surface area contributed by atoms with Gasteiger partial charge in [-0.05, 0) is 75.1 Å². The number of benzene rings is 1. The van der Waals surface area contributed by atoms with E-state index >= 15 is 0 Å². The van der Waals surface area contributed by atoms with Crippen molar-refractivity contribution in [3.63, 3.8) is 0 Å². The highest BCUT2D eigenvalue weighted by molar-refractivity contribution is 5.43. The van der Waals surface area contributed by atoms with Crippen LogP contribution < -0.4 is 15.2 Å². The van der Waals surface area contributed by atoms with Crippen molar-refractivity contribution >= 4 is 0 Å². The van der Waals surface area contributed by atoms with E-state index in [1.54, 1.807) is 14.2 Å². The third-order valence-electron chi connectivity index (χ3n) is 6.88. The van der Waals surface area contributed by atoms with Gasteiger partial charge in [-0.1, -0.05) is 26.3 Å². The monoisotopic (exact) mass is 450 g/mol. The Kier molecular flexibility index (Phi) is 11.8. The molecule has 0 unspecified atom stereocenters. The van der Waals surface area contributed by atoms with Crippen LogP contribution >= 0.6 is 0 Å². The lowest BCUT2D eigenvalue weighted by Gasteiger charge is -2.40. The predicted octanol–water partition coefficient (Wildman–Crippen LogP) is 4.23. The quantitative estimate of drug-likeness (QED) is 0.413. The first kappa shape index (κ1) is 26.9. The molecule has 1 aliphatic rings. The van der Waals surface area contributed by atoms with Gasteiger partial charge < -0.3 is 25.1 Å². The van der Waals surface area contributed by atoms with Gasteiger partial charge in [0.25, 0.3) is 0 Å². The number of nitrogens with zero attached hydrogens (tertiary/aromatic N) is 1. The highest BCUT2D eigenvalue weighted by Crippen LogP contribution is 2.31. The standard InChI is InChI=1S/C26H46N2O4/c1-19(2)22(11-12-23(29)26(27)28-14-7-6-9-20(28)3)17-21-10-13-24(31-5)25(18-21)32-16-8-15-30-4/h10,13,18-20,22-23,26,29H,6-9,11-12,14-17,27H2,1-5H3/t20-,22+,23+,26+/m1/s1. The van der Waals surface area contributed by atoms with Gasteiger partial charge in [0.2, 0.25) is 0 Å². The molecule has 1 heterocycles. The van der Waals surface area contributed by atoms with Gasteiger partial charge in [-0.15, -0.1) is 0 Å². The lowest BCUT2D eigenvalue weighted by atomic mass is 9.84. The van der Waals surface area contributed by atoms with Crippen LogP contribution in [-0.4, -0.2) is 62.3 Å². The van der Waals surface area contributed by atoms with Crippen LogP contribution in [0.1, 0.15) is 64.9 Å². The molecule has 184 valence electrons. The summed E-state index contributed by atoms with van der Waals surface area (Å²) in [6.07, 6.45) is 6.29. The molecule has 1 aliphatic heterocycles. The van der Waals surface area contributed by atoms with E-state index in [1.807, 2.05) is 6.07 Å². The first-order valence-electron chi connectivity index (χ1n) is 12.3. The Labute approximate surface area is 195 Å². The third kappa shape index (κ3) is 8.22. The van der Waals surface area contributed by atoms with Crippen molar-refractivity contribution in [2.24, 2.45) is 17.6 Å². The molecule has 2 rings (SSSR count). The number of ether oxygens (including phenoxy) is 3. The number of hydrogen-bond acceptors (Lipinski definition) is 6. The van der Waals surface area contributed by atoms with E-state index in [1.165, 1.54) is 24.8 Å². The van der Waals surface area contributed by atoms with E-state index in [-0.39, 0.29) is 6.17 Å². The summed E-state index contributed by atoms with van der Waals surface area (Å²) < 4.78 is 16.5. The van der Waals surface area contributed by atoms with Crippen LogP contribution in [0.5, 0.6) is 11.5 Å². The molecule has 4 atom stereocenters. The van der Waals surface area contributed by atoms with E-state index in [4.69, 9.17) is 19.9 Å². The second-order valence-corrected chi connectivity index (χ2v) is 9.61. The zero-order valence-corrected chi connectivity index (χ0v) is 20.9. The van der Waals surface area contributed by atoms with E-state index in [0.717, 1.165) is 43.7 Å². The molecule has 0 aromatic heterocycles. The van der Waals surface area contributed by atoms with Crippen LogP contribution in [-0.2, 0) is 11.2 Å². The SMILES string of the molecule is COCCCOc1cc(C[C@H](CC[C@H](O)[C@@H](N)N2CCCC[C@H]2C)C(C)C)ccc1OC. The van der Waals surface area contributed by atoms with Crippen LogP contribution in [0, 0.1) is 11.8 Å². The fraction of sp³-hybridized carbons (Fsp3) is 0.769. The summed E-state index contributed by atoms with van der Waals surface area (Å²) >= 11 is 0. The molecule has 0 saturated carbocycles. The Morgan fingerprint density at radius 2 is 1.91 bits per heavy atom. The average molecular weight is 451 g/mol. The summed E-state index contributed by atoms with van der Waals surface area (Å²) in [6.45, 7) is 9.01. The summed E-state index contributed by atoms with van der Waals surface area (Å²) in [7, 11) is 3.37. The highest BCUT2D eigenvalue weighted by Gasteiger charge is 2.29. The summed E-state index contributed by atoms with van der Waals surface area (Å²) in [5, 5.41) is 10.8. The van der Waals surface area contributed by atoms with Gasteiger partial charge in [-0.2, -0.15) is 0 Å². The molecule has 0 aliphatic carbocycles. The number of nitrogens with two attached hydrogens (primary N) is 1. The molecular formula is C26H46N2O4. The molecule has 6 nitrogen and oxygen atoms in total. The zero-order chi connectivity index (χ0) is 23.5. The van der Waals surface area contributed by atoms with Gasteiger partial charge in [0.15, 0.2) is 11.5 Å². The van der Waals surface area contributed by atoms with Crippen molar-refractivity contribution in [3.8, 4) is 11.5 Å². The van der Waals surface area contributed by atoms with Crippen molar-refractivity contribution in [1.29, 1.82) is 0 Å². The first-order chi connectivity index (χ1) is 15.4. The van der Waals surface area contributed by atoms with Crippen molar-refractivity contribution in [1.82, 2.24) is 4.90 Å². The van der Waals surface area contributed by atoms with Crippen LogP contribution in [0.3, 0.4) is 0 Å². The Morgan fingerprint density at radius 1 is 1.12 bits per heavy atom. The average Bonchev–Trinajstić information content (AvgIpc) is 2.79. The Bertz CT molecular complexity index is 655. The summed E-state index contributed by atoms with van der Waals surface area (Å²) in [5.74, 6) is 2.51. The van der Waals surface area contributed by atoms with Crippen molar-refractivity contribution in [2.75, 3.05) is 34.0 Å². The maximum Gasteiger partial charge on any atom is 0.161 e. The molecule has 1 aromatic carbocycles. The van der Waals surface area contributed by atoms with Gasteiger partial charge in [-0.3, -0.25) is 4.90 Å². The Hall–Kier alpha value is -1.34. The minimum atomic E-state index is -0.493. The maximum absolute atomic E-state index is 10.8. The minimum Gasteiger partial charge on any atom is -0.493 e. The second kappa shape index (κ2) is 14.0. The van der Waals surface area contributed by atoms with E-state index < -0.39 is 6.10 Å². The fourth-order valence-electron chi connectivity index (χ4n) is 4.66. The molecule has 0 radical (unpaired) electrons. The maximum atomic E-state index is 10.8. The van der Waals surface area contributed by atoms with Gasteiger partial charge in [0.05, 0.1) is 26.0 Å². The van der Waals surface area contributed by atoms with Gasteiger partial charge in [0.1, 0.15) is 0 Å². The zero-order valence-electron chi connectivity index (χ0n) is 20.9. The molecule has 3 N–H and O–H groups in total. The topological polar surface area (TPSA) is 77.2 Å². The summed E-state index contributed by atoms with van der Waals surface area (Å²) in [5.41, 5.74) is 7.68. The normalized spacial score (nSPS) is 20.2. The molecule has 1 aromatic rings. The van der Waals surface area contributed by atoms with Crippen LogP contribution in [0.25, 0.3) is 0 Å². The minimum absolute atomic E-state index is 0.272. The number of likely N-dealkylation sites (tertiary alicyclic amines) is 1. The molecular weight excluding hydrogens is 404 g/mol. The Balaban J connectivity index is 1.95. The molecule has 6 heteroatoms. The largest absolute Gasteiger partial charge is 0.493 e. The third-order valence-corrected chi connectivity index (χ3v) is 6.88. The molecule has 0 bridgehead atoms. The van der Waals surface area contributed by atoms with E-state index in [0.29, 0.717) is 31.1 Å².